The maximum atomic E-state index is 11.5. The highest BCUT2D eigenvalue weighted by Gasteiger charge is 2.23. The number of rotatable bonds is 2. The van der Waals surface area contributed by atoms with Gasteiger partial charge in [0.1, 0.15) is 7.85 Å². The Morgan fingerprint density at radius 2 is 2.25 bits per heavy atom. The third-order valence-electron chi connectivity index (χ3n) is 3.38. The number of hydrogen-bond donors (Lipinski definition) is 1. The molecule has 0 amide bonds. The van der Waals surface area contributed by atoms with Crippen LogP contribution in [0, 0.1) is 0 Å². The first-order valence-corrected chi connectivity index (χ1v) is 6.97. The summed E-state index contributed by atoms with van der Waals surface area (Å²) < 4.78 is 5.64. The van der Waals surface area contributed by atoms with E-state index < -0.39 is 12.1 Å². The quantitative estimate of drug-likeness (QED) is 0.562. The van der Waals surface area contributed by atoms with Gasteiger partial charge in [-0.05, 0) is 23.6 Å². The molecule has 3 aromatic rings. The molecule has 100 valence electrons. The minimum atomic E-state index is -1.23. The number of nitrogens with zero attached hydrogens (tertiary/aromatic N) is 1. The predicted molar refractivity (Wildman–Crippen MR) is 82.3 cm³/mol. The zero-order valence-electron chi connectivity index (χ0n) is 11.1. The fourth-order valence-corrected chi connectivity index (χ4v) is 3.60. The maximum absolute atomic E-state index is 11.5. The van der Waals surface area contributed by atoms with Crippen molar-refractivity contribution in [1.82, 2.24) is 4.98 Å². The van der Waals surface area contributed by atoms with Crippen molar-refractivity contribution in [3.8, 4) is 0 Å². The average molecular weight is 285 g/mol. The smallest absolute Gasteiger partial charge is 0.340 e. The van der Waals surface area contributed by atoms with Crippen LogP contribution in [0.3, 0.4) is 0 Å². The Labute approximate surface area is 120 Å². The highest BCUT2D eigenvalue weighted by atomic mass is 32.1. The number of aliphatic hydroxyl groups excluding tert-OH is 1. The number of methoxy groups -OCH3 is 1. The molecule has 4 nitrogen and oxygen atoms in total. The minimum Gasteiger partial charge on any atom is -0.467 e. The number of carbonyl (C=O) groups excluding carboxylic acids is 1. The van der Waals surface area contributed by atoms with E-state index in [1.807, 2.05) is 32.1 Å². The normalized spacial score (nSPS) is 12.7. The summed E-state index contributed by atoms with van der Waals surface area (Å²) >= 11 is 1.41. The van der Waals surface area contributed by atoms with Gasteiger partial charge in [-0.15, -0.1) is 11.3 Å². The van der Waals surface area contributed by atoms with Crippen molar-refractivity contribution < 1.29 is 14.6 Å². The van der Waals surface area contributed by atoms with Crippen LogP contribution in [0.4, 0.5) is 0 Å². The molecule has 0 radical (unpaired) electrons. The molecule has 1 unspecified atom stereocenters. The van der Waals surface area contributed by atoms with Gasteiger partial charge in [-0.3, -0.25) is 4.98 Å². The lowest BCUT2D eigenvalue weighted by atomic mass is 9.89. The van der Waals surface area contributed by atoms with Crippen molar-refractivity contribution in [2.24, 2.45) is 0 Å². The molecule has 0 saturated carbocycles. The molecule has 0 bridgehead atoms. The fraction of sp³-hybridized carbons (Fsp3) is 0.143. The van der Waals surface area contributed by atoms with Crippen molar-refractivity contribution in [1.29, 1.82) is 0 Å². The summed E-state index contributed by atoms with van der Waals surface area (Å²) in [5, 5.41) is 12.1. The van der Waals surface area contributed by atoms with E-state index in [0.717, 1.165) is 26.5 Å². The van der Waals surface area contributed by atoms with Gasteiger partial charge in [0, 0.05) is 21.2 Å². The zero-order chi connectivity index (χ0) is 14.3. The molecular formula is C14H12BNO3S. The first-order chi connectivity index (χ1) is 9.63. The number of esters is 1. The zero-order valence-corrected chi connectivity index (χ0v) is 11.9. The van der Waals surface area contributed by atoms with Gasteiger partial charge in [0.05, 0.1) is 12.6 Å². The van der Waals surface area contributed by atoms with Crippen LogP contribution >= 0.6 is 11.3 Å². The van der Waals surface area contributed by atoms with Crippen LogP contribution in [0.2, 0.25) is 0 Å². The summed E-state index contributed by atoms with van der Waals surface area (Å²) in [4.78, 5) is 16.5. The average Bonchev–Trinajstić information content (AvgIpc) is 2.83. The lowest BCUT2D eigenvalue weighted by molar-refractivity contribution is -0.150. The molecule has 2 aromatic heterocycles. The number of aromatic nitrogens is 1. The van der Waals surface area contributed by atoms with Gasteiger partial charge in [0.25, 0.3) is 0 Å². The Bertz CT molecular complexity index is 815. The topological polar surface area (TPSA) is 59.4 Å². The molecule has 20 heavy (non-hydrogen) atoms. The van der Waals surface area contributed by atoms with Crippen molar-refractivity contribution in [2.75, 3.05) is 7.11 Å². The molecule has 6 heteroatoms. The van der Waals surface area contributed by atoms with Gasteiger partial charge in [-0.2, -0.15) is 0 Å². The highest BCUT2D eigenvalue weighted by Crippen LogP contribution is 2.32. The SMILES string of the molecule is Bc1c(C(O)C(=O)OC)sc2ccc3ncccc3c12. The molecule has 0 fully saturated rings. The highest BCUT2D eigenvalue weighted by molar-refractivity contribution is 7.20. The van der Waals surface area contributed by atoms with Crippen LogP contribution in [-0.2, 0) is 9.53 Å². The first-order valence-electron chi connectivity index (χ1n) is 6.16. The van der Waals surface area contributed by atoms with Gasteiger partial charge in [0.15, 0.2) is 6.10 Å². The van der Waals surface area contributed by atoms with Crippen molar-refractivity contribution in [2.45, 2.75) is 6.10 Å². The first kappa shape index (κ1) is 13.1. The standard InChI is InChI=1S/C14H12BNO3S/c1-19-14(18)12(17)13-11(15)10-7-3-2-6-16-8(7)4-5-9(10)20-13/h2-6,12,17H,15H2,1H3. The maximum Gasteiger partial charge on any atom is 0.340 e. The van der Waals surface area contributed by atoms with E-state index in [4.69, 9.17) is 0 Å². The second kappa shape index (κ2) is 4.88. The molecule has 0 spiro atoms. The summed E-state index contributed by atoms with van der Waals surface area (Å²) in [7, 11) is 3.18. The second-order valence-corrected chi connectivity index (χ2v) is 5.61. The molecule has 0 aliphatic rings. The van der Waals surface area contributed by atoms with E-state index in [-0.39, 0.29) is 0 Å². The third-order valence-corrected chi connectivity index (χ3v) is 4.69. The summed E-state index contributed by atoms with van der Waals surface area (Å²) in [5.74, 6) is -0.637. The van der Waals surface area contributed by atoms with Gasteiger partial charge < -0.3 is 9.84 Å². The number of pyridine rings is 1. The molecule has 3 rings (SSSR count). The summed E-state index contributed by atoms with van der Waals surface area (Å²) in [6, 6.07) is 7.80. The van der Waals surface area contributed by atoms with Gasteiger partial charge in [0.2, 0.25) is 0 Å². The number of benzene rings is 1. The summed E-state index contributed by atoms with van der Waals surface area (Å²) in [6.45, 7) is 0. The fourth-order valence-electron chi connectivity index (χ4n) is 2.40. The Kier molecular flexibility index (Phi) is 3.20. The van der Waals surface area contributed by atoms with Crippen LogP contribution in [0.15, 0.2) is 30.5 Å². The molecule has 2 heterocycles. The third kappa shape index (κ3) is 1.88. The number of hydrogen-bond acceptors (Lipinski definition) is 5. The second-order valence-electron chi connectivity index (χ2n) is 4.53. The van der Waals surface area contributed by atoms with Crippen LogP contribution < -0.4 is 5.46 Å². The Hall–Kier alpha value is -1.92. The Morgan fingerprint density at radius 1 is 1.45 bits per heavy atom. The number of thiophene rings is 1. The van der Waals surface area contributed by atoms with E-state index in [9.17, 15) is 9.90 Å². The molecular weight excluding hydrogens is 273 g/mol. The molecule has 0 aliphatic carbocycles. The van der Waals surface area contributed by atoms with Crippen LogP contribution in [0.5, 0.6) is 0 Å². The van der Waals surface area contributed by atoms with E-state index in [1.54, 1.807) is 6.20 Å². The van der Waals surface area contributed by atoms with Crippen molar-refractivity contribution in [3.63, 3.8) is 0 Å². The number of ether oxygens (including phenoxy) is 1. The summed E-state index contributed by atoms with van der Waals surface area (Å²) in [6.07, 6.45) is 0.518. The Balaban J connectivity index is 2.30. The van der Waals surface area contributed by atoms with Gasteiger partial charge in [-0.1, -0.05) is 11.5 Å². The Morgan fingerprint density at radius 3 is 3.00 bits per heavy atom. The van der Waals surface area contributed by atoms with E-state index in [0.29, 0.717) is 4.88 Å². The van der Waals surface area contributed by atoms with Crippen LogP contribution in [-0.4, -0.2) is 31.0 Å². The lowest BCUT2D eigenvalue weighted by Gasteiger charge is -2.07. The number of carbonyl (C=O) groups is 1. The van der Waals surface area contributed by atoms with E-state index >= 15 is 0 Å². The molecule has 1 atom stereocenters. The van der Waals surface area contributed by atoms with E-state index in [2.05, 4.69) is 9.72 Å². The number of aliphatic hydroxyl groups is 1. The number of fused-ring (bicyclic) bond motifs is 3. The minimum absolute atomic E-state index is 0.628. The predicted octanol–water partition coefficient (Wildman–Crippen LogP) is 0.914. The van der Waals surface area contributed by atoms with Gasteiger partial charge in [-0.25, -0.2) is 4.79 Å². The molecule has 1 aromatic carbocycles. The summed E-state index contributed by atoms with van der Waals surface area (Å²) in [5.41, 5.74) is 1.81. The molecule has 1 N–H and O–H groups in total. The molecule has 0 aliphatic heterocycles. The van der Waals surface area contributed by atoms with E-state index in [1.165, 1.54) is 18.4 Å². The van der Waals surface area contributed by atoms with Crippen molar-refractivity contribution >= 4 is 51.6 Å². The molecule has 0 saturated heterocycles. The largest absolute Gasteiger partial charge is 0.467 e. The van der Waals surface area contributed by atoms with Crippen LogP contribution in [0.1, 0.15) is 11.0 Å². The van der Waals surface area contributed by atoms with Gasteiger partial charge >= 0.3 is 5.97 Å². The lowest BCUT2D eigenvalue weighted by Crippen LogP contribution is -2.19. The van der Waals surface area contributed by atoms with Crippen LogP contribution in [0.25, 0.3) is 21.0 Å². The van der Waals surface area contributed by atoms with Crippen molar-refractivity contribution in [3.05, 3.63) is 35.3 Å². The monoisotopic (exact) mass is 285 g/mol.